The number of ketones is 1. The molecule has 0 aliphatic rings. The van der Waals surface area contributed by atoms with E-state index in [1.54, 1.807) is 36.4 Å². The number of carbonyl (C=O) groups is 2. The predicted molar refractivity (Wildman–Crippen MR) is 97.6 cm³/mol. The Morgan fingerprint density at radius 1 is 1.00 bits per heavy atom. The van der Waals surface area contributed by atoms with Gasteiger partial charge in [-0.2, -0.15) is 0 Å². The van der Waals surface area contributed by atoms with Crippen LogP contribution in [0.5, 0.6) is 0 Å². The van der Waals surface area contributed by atoms with Gasteiger partial charge in [-0.05, 0) is 50.1 Å². The number of esters is 1. The van der Waals surface area contributed by atoms with Crippen LogP contribution < -0.4 is 5.43 Å². The number of carbonyl (C=O) groups excluding carboxylic acids is 2. The van der Waals surface area contributed by atoms with Gasteiger partial charge in [0.25, 0.3) is 0 Å². The van der Waals surface area contributed by atoms with Gasteiger partial charge in [0, 0.05) is 11.6 Å². The molecule has 0 saturated carbocycles. The number of aryl methyl sites for hydroxylation is 2. The van der Waals surface area contributed by atoms with Crippen molar-refractivity contribution in [1.29, 1.82) is 0 Å². The highest BCUT2D eigenvalue weighted by Gasteiger charge is 2.22. The lowest BCUT2D eigenvalue weighted by Crippen LogP contribution is -2.25. The van der Waals surface area contributed by atoms with Crippen molar-refractivity contribution in [2.75, 3.05) is 0 Å². The first-order chi connectivity index (χ1) is 12.4. The van der Waals surface area contributed by atoms with Crippen molar-refractivity contribution in [2.24, 2.45) is 0 Å². The summed E-state index contributed by atoms with van der Waals surface area (Å²) in [6.45, 7) is 5.36. The molecule has 0 spiro atoms. The van der Waals surface area contributed by atoms with Gasteiger partial charge < -0.3 is 9.15 Å². The monoisotopic (exact) mass is 350 g/mol. The maximum Gasteiger partial charge on any atom is 0.375 e. The SMILES string of the molecule is Cc1ccc(C(=O)C(C)OC(=O)c2cc(=O)c3ccccc3o2)cc1C. The van der Waals surface area contributed by atoms with Crippen LogP contribution in [0.1, 0.15) is 39.0 Å². The first-order valence-corrected chi connectivity index (χ1v) is 8.22. The van der Waals surface area contributed by atoms with E-state index in [0.29, 0.717) is 16.5 Å². The van der Waals surface area contributed by atoms with E-state index >= 15 is 0 Å². The quantitative estimate of drug-likeness (QED) is 0.528. The molecule has 1 atom stereocenters. The molecule has 5 heteroatoms. The molecule has 0 N–H and O–H groups in total. The molecule has 26 heavy (non-hydrogen) atoms. The van der Waals surface area contributed by atoms with Crippen LogP contribution in [0.2, 0.25) is 0 Å². The number of Topliss-reactive ketones (excluding diaryl/α,β-unsaturated/α-hetero) is 1. The largest absolute Gasteiger partial charge is 0.449 e. The fourth-order valence-electron chi connectivity index (χ4n) is 2.61. The number of ether oxygens (including phenoxy) is 1. The van der Waals surface area contributed by atoms with Gasteiger partial charge in [-0.25, -0.2) is 4.79 Å². The molecular formula is C21H18O5. The van der Waals surface area contributed by atoms with E-state index in [2.05, 4.69) is 0 Å². The standard InChI is InChI=1S/C21H18O5/c1-12-8-9-15(10-13(12)2)20(23)14(3)25-21(24)19-11-17(22)16-6-4-5-7-18(16)26-19/h4-11,14H,1-3H3. The minimum absolute atomic E-state index is 0.228. The van der Waals surface area contributed by atoms with Crippen LogP contribution in [0, 0.1) is 13.8 Å². The van der Waals surface area contributed by atoms with Gasteiger partial charge in [0.05, 0.1) is 5.39 Å². The van der Waals surface area contributed by atoms with Crippen molar-refractivity contribution in [3.63, 3.8) is 0 Å². The lowest BCUT2D eigenvalue weighted by atomic mass is 10.0. The van der Waals surface area contributed by atoms with Gasteiger partial charge in [0.2, 0.25) is 11.5 Å². The first-order valence-electron chi connectivity index (χ1n) is 8.22. The molecule has 0 amide bonds. The lowest BCUT2D eigenvalue weighted by molar-refractivity contribution is 0.0289. The van der Waals surface area contributed by atoms with E-state index in [1.165, 1.54) is 6.92 Å². The summed E-state index contributed by atoms with van der Waals surface area (Å²) in [7, 11) is 0. The second kappa shape index (κ2) is 6.96. The minimum Gasteiger partial charge on any atom is -0.449 e. The molecule has 0 bridgehead atoms. The van der Waals surface area contributed by atoms with Crippen LogP contribution in [0.3, 0.4) is 0 Å². The van der Waals surface area contributed by atoms with Crippen molar-refractivity contribution >= 4 is 22.7 Å². The summed E-state index contributed by atoms with van der Waals surface area (Å²) in [5.74, 6) is -1.39. The van der Waals surface area contributed by atoms with Crippen molar-refractivity contribution in [2.45, 2.75) is 26.9 Å². The van der Waals surface area contributed by atoms with Crippen molar-refractivity contribution in [3.8, 4) is 0 Å². The van der Waals surface area contributed by atoms with Crippen LogP contribution in [0.15, 0.2) is 57.7 Å². The Morgan fingerprint density at radius 2 is 1.73 bits per heavy atom. The van der Waals surface area contributed by atoms with Crippen LogP contribution in [-0.2, 0) is 4.74 Å². The Morgan fingerprint density at radius 3 is 2.46 bits per heavy atom. The molecule has 1 unspecified atom stereocenters. The molecule has 0 saturated heterocycles. The molecule has 3 aromatic rings. The highest BCUT2D eigenvalue weighted by molar-refractivity contribution is 6.01. The van der Waals surface area contributed by atoms with Crippen LogP contribution >= 0.6 is 0 Å². The van der Waals surface area contributed by atoms with E-state index in [1.807, 2.05) is 19.9 Å². The number of rotatable bonds is 4. The van der Waals surface area contributed by atoms with Crippen LogP contribution in [0.4, 0.5) is 0 Å². The van der Waals surface area contributed by atoms with Crippen molar-refractivity contribution in [3.05, 3.63) is 81.2 Å². The Hall–Kier alpha value is -3.21. The molecule has 0 aliphatic carbocycles. The Balaban J connectivity index is 1.81. The van der Waals surface area contributed by atoms with Gasteiger partial charge in [-0.1, -0.05) is 24.3 Å². The highest BCUT2D eigenvalue weighted by Crippen LogP contribution is 2.16. The Labute approximate surface area is 150 Å². The lowest BCUT2D eigenvalue weighted by Gasteiger charge is -2.13. The topological polar surface area (TPSA) is 73.6 Å². The molecule has 3 rings (SSSR count). The fraction of sp³-hybridized carbons (Fsp3) is 0.190. The highest BCUT2D eigenvalue weighted by atomic mass is 16.6. The average molecular weight is 350 g/mol. The van der Waals surface area contributed by atoms with E-state index in [-0.39, 0.29) is 17.0 Å². The number of hydrogen-bond donors (Lipinski definition) is 0. The number of hydrogen-bond acceptors (Lipinski definition) is 5. The summed E-state index contributed by atoms with van der Waals surface area (Å²) in [6.07, 6.45) is -0.999. The first kappa shape index (κ1) is 17.6. The van der Waals surface area contributed by atoms with Crippen LogP contribution in [0.25, 0.3) is 11.0 Å². The summed E-state index contributed by atoms with van der Waals surface area (Å²) in [6, 6.07) is 13.0. The van der Waals surface area contributed by atoms with Crippen molar-refractivity contribution < 1.29 is 18.7 Å². The Bertz CT molecular complexity index is 1060. The molecule has 1 aromatic heterocycles. The fourth-order valence-corrected chi connectivity index (χ4v) is 2.61. The molecule has 2 aromatic carbocycles. The zero-order chi connectivity index (χ0) is 18.8. The smallest absolute Gasteiger partial charge is 0.375 e. The summed E-state index contributed by atoms with van der Waals surface area (Å²) < 4.78 is 10.6. The molecule has 0 aliphatic heterocycles. The van der Waals surface area contributed by atoms with Gasteiger partial charge >= 0.3 is 5.97 Å². The zero-order valence-corrected chi connectivity index (χ0v) is 14.7. The molecule has 0 fully saturated rings. The van der Waals surface area contributed by atoms with Crippen molar-refractivity contribution in [1.82, 2.24) is 0 Å². The van der Waals surface area contributed by atoms with Gasteiger partial charge in [0.15, 0.2) is 11.5 Å². The zero-order valence-electron chi connectivity index (χ0n) is 14.7. The maximum atomic E-state index is 12.5. The summed E-state index contributed by atoms with van der Waals surface area (Å²) >= 11 is 0. The Kier molecular flexibility index (Phi) is 4.71. The average Bonchev–Trinajstić information content (AvgIpc) is 2.63. The molecule has 132 valence electrons. The molecule has 1 heterocycles. The van der Waals surface area contributed by atoms with Gasteiger partial charge in [-0.3, -0.25) is 9.59 Å². The third kappa shape index (κ3) is 3.42. The van der Waals surface area contributed by atoms with E-state index in [0.717, 1.165) is 17.2 Å². The van der Waals surface area contributed by atoms with Gasteiger partial charge in [-0.15, -0.1) is 0 Å². The summed E-state index contributed by atoms with van der Waals surface area (Å²) in [5.41, 5.74) is 2.47. The van der Waals surface area contributed by atoms with E-state index in [9.17, 15) is 14.4 Å². The minimum atomic E-state index is -0.999. The maximum absolute atomic E-state index is 12.5. The third-order valence-electron chi connectivity index (χ3n) is 4.28. The normalized spacial score (nSPS) is 12.0. The number of benzene rings is 2. The van der Waals surface area contributed by atoms with Gasteiger partial charge in [0.1, 0.15) is 5.58 Å². The summed E-state index contributed by atoms with van der Waals surface area (Å²) in [4.78, 5) is 36.9. The number of fused-ring (bicyclic) bond motifs is 1. The second-order valence-corrected chi connectivity index (χ2v) is 6.18. The predicted octanol–water partition coefficient (Wildman–Crippen LogP) is 3.84. The van der Waals surface area contributed by atoms with E-state index < -0.39 is 12.1 Å². The second-order valence-electron chi connectivity index (χ2n) is 6.18. The third-order valence-corrected chi connectivity index (χ3v) is 4.28. The molecule has 0 radical (unpaired) electrons. The molecule has 5 nitrogen and oxygen atoms in total. The number of para-hydroxylation sites is 1. The van der Waals surface area contributed by atoms with E-state index in [4.69, 9.17) is 9.15 Å². The van der Waals surface area contributed by atoms with Crippen LogP contribution in [-0.4, -0.2) is 17.9 Å². The summed E-state index contributed by atoms with van der Waals surface area (Å²) in [5, 5.41) is 0.378. The molecular weight excluding hydrogens is 332 g/mol.